The second-order valence-corrected chi connectivity index (χ2v) is 7.48. The monoisotopic (exact) mass is 423 g/mol. The van der Waals surface area contributed by atoms with E-state index >= 15 is 0 Å². The Morgan fingerprint density at radius 3 is 2.32 bits per heavy atom. The predicted octanol–water partition coefficient (Wildman–Crippen LogP) is 5.23. The maximum Gasteiger partial charge on any atom is 0.253 e. The molecule has 0 aromatic heterocycles. The quantitative estimate of drug-likeness (QED) is 0.545. The molecule has 0 N–H and O–H groups in total. The number of likely N-dealkylation sites (tertiary alicyclic amines) is 1. The average Bonchev–Trinajstić information content (AvgIpc) is 2.81. The molecule has 0 radical (unpaired) electrons. The first kappa shape index (κ1) is 20.8. The molecule has 31 heavy (non-hydrogen) atoms. The minimum atomic E-state index is -0.713. The van der Waals surface area contributed by atoms with Gasteiger partial charge in [0.25, 0.3) is 5.91 Å². The van der Waals surface area contributed by atoms with Crippen LogP contribution in [0.15, 0.2) is 72.8 Å². The smallest absolute Gasteiger partial charge is 0.253 e. The van der Waals surface area contributed by atoms with Crippen LogP contribution in [0.25, 0.3) is 0 Å². The number of para-hydroxylation sites is 1. The third-order valence-corrected chi connectivity index (χ3v) is 5.27. The predicted molar refractivity (Wildman–Crippen MR) is 113 cm³/mol. The van der Waals surface area contributed by atoms with Crippen LogP contribution in [0.3, 0.4) is 0 Å². The molecule has 0 unspecified atom stereocenters. The number of nitrogens with zero attached hydrogens (tertiary/aromatic N) is 1. The standard InChI is InChI=1S/C25H23F2NO3/c26-20-10-11-24(23(27)16-20)31-22-12-14-28(15-13-22)25(29)19-8-6-18(7-9-19)17-30-21-4-2-1-3-5-21/h1-11,16,22H,12-15,17H2. The maximum absolute atomic E-state index is 13.8. The fraction of sp³-hybridized carbons (Fsp3) is 0.240. The van der Waals surface area contributed by atoms with E-state index < -0.39 is 11.6 Å². The highest BCUT2D eigenvalue weighted by Gasteiger charge is 2.25. The zero-order valence-electron chi connectivity index (χ0n) is 17.0. The molecule has 1 saturated heterocycles. The molecule has 3 aromatic carbocycles. The van der Waals surface area contributed by atoms with Gasteiger partial charge in [0.2, 0.25) is 0 Å². The summed E-state index contributed by atoms with van der Waals surface area (Å²) in [5.41, 5.74) is 1.60. The van der Waals surface area contributed by atoms with Gasteiger partial charge in [-0.05, 0) is 42.0 Å². The molecular weight excluding hydrogens is 400 g/mol. The van der Waals surface area contributed by atoms with E-state index in [-0.39, 0.29) is 17.8 Å². The van der Waals surface area contributed by atoms with Gasteiger partial charge in [-0.2, -0.15) is 0 Å². The average molecular weight is 423 g/mol. The SMILES string of the molecule is O=C(c1ccc(COc2ccccc2)cc1)N1CCC(Oc2ccc(F)cc2F)CC1. The fourth-order valence-electron chi connectivity index (χ4n) is 3.54. The highest BCUT2D eigenvalue weighted by Crippen LogP contribution is 2.23. The van der Waals surface area contributed by atoms with Gasteiger partial charge in [-0.3, -0.25) is 4.79 Å². The summed E-state index contributed by atoms with van der Waals surface area (Å²) in [6, 6.07) is 20.2. The molecule has 0 aliphatic carbocycles. The van der Waals surface area contributed by atoms with Crippen molar-refractivity contribution in [3.05, 3.63) is 95.6 Å². The normalized spacial score (nSPS) is 14.3. The Labute approximate surface area is 180 Å². The number of hydrogen-bond acceptors (Lipinski definition) is 3. The lowest BCUT2D eigenvalue weighted by molar-refractivity contribution is 0.0588. The minimum absolute atomic E-state index is 0.0399. The second-order valence-electron chi connectivity index (χ2n) is 7.48. The lowest BCUT2D eigenvalue weighted by atomic mass is 10.1. The Bertz CT molecular complexity index is 1020. The van der Waals surface area contributed by atoms with Gasteiger partial charge in [0, 0.05) is 37.6 Å². The molecule has 4 nitrogen and oxygen atoms in total. The number of rotatable bonds is 6. The van der Waals surface area contributed by atoms with Crippen molar-refractivity contribution in [2.24, 2.45) is 0 Å². The van der Waals surface area contributed by atoms with E-state index in [1.807, 2.05) is 54.6 Å². The van der Waals surface area contributed by atoms with Gasteiger partial charge >= 0.3 is 0 Å². The topological polar surface area (TPSA) is 38.8 Å². The number of carbonyl (C=O) groups excluding carboxylic acids is 1. The lowest BCUT2D eigenvalue weighted by Gasteiger charge is -2.32. The van der Waals surface area contributed by atoms with Crippen molar-refractivity contribution in [1.29, 1.82) is 0 Å². The van der Waals surface area contributed by atoms with Gasteiger partial charge in [0.15, 0.2) is 11.6 Å². The van der Waals surface area contributed by atoms with Crippen LogP contribution in [-0.2, 0) is 6.61 Å². The van der Waals surface area contributed by atoms with Crippen molar-refractivity contribution in [3.63, 3.8) is 0 Å². The number of benzene rings is 3. The Balaban J connectivity index is 1.28. The van der Waals surface area contributed by atoms with E-state index in [0.29, 0.717) is 38.1 Å². The largest absolute Gasteiger partial charge is 0.489 e. The molecule has 1 aliphatic rings. The summed E-state index contributed by atoms with van der Waals surface area (Å²) in [6.45, 7) is 1.47. The zero-order valence-corrected chi connectivity index (χ0v) is 17.0. The third-order valence-electron chi connectivity index (χ3n) is 5.27. The highest BCUT2D eigenvalue weighted by molar-refractivity contribution is 5.94. The summed E-state index contributed by atoms with van der Waals surface area (Å²) < 4.78 is 38.2. The van der Waals surface area contributed by atoms with Crippen LogP contribution in [-0.4, -0.2) is 30.0 Å². The van der Waals surface area contributed by atoms with Gasteiger partial charge in [0.05, 0.1) is 0 Å². The molecule has 1 amide bonds. The Kier molecular flexibility index (Phi) is 6.46. The third kappa shape index (κ3) is 5.40. The number of hydrogen-bond donors (Lipinski definition) is 0. The highest BCUT2D eigenvalue weighted by atomic mass is 19.1. The van der Waals surface area contributed by atoms with Gasteiger partial charge in [0.1, 0.15) is 24.3 Å². The lowest BCUT2D eigenvalue weighted by Crippen LogP contribution is -2.41. The summed E-state index contributed by atoms with van der Waals surface area (Å²) in [5, 5.41) is 0. The van der Waals surface area contributed by atoms with Crippen molar-refractivity contribution in [1.82, 2.24) is 4.90 Å². The first-order valence-corrected chi connectivity index (χ1v) is 10.3. The molecule has 3 aromatic rings. The maximum atomic E-state index is 13.8. The summed E-state index contributed by atoms with van der Waals surface area (Å²) in [5.74, 6) is -0.549. The van der Waals surface area contributed by atoms with Crippen LogP contribution in [0.4, 0.5) is 8.78 Å². The van der Waals surface area contributed by atoms with Crippen molar-refractivity contribution in [2.75, 3.05) is 13.1 Å². The van der Waals surface area contributed by atoms with Crippen LogP contribution < -0.4 is 9.47 Å². The van der Waals surface area contributed by atoms with Crippen LogP contribution in [0.2, 0.25) is 0 Å². The Morgan fingerprint density at radius 1 is 0.935 bits per heavy atom. The molecule has 160 valence electrons. The number of amides is 1. The molecule has 0 bridgehead atoms. The van der Waals surface area contributed by atoms with Gasteiger partial charge in [-0.1, -0.05) is 30.3 Å². The van der Waals surface area contributed by atoms with Gasteiger partial charge in [-0.25, -0.2) is 8.78 Å². The van der Waals surface area contributed by atoms with Crippen LogP contribution >= 0.6 is 0 Å². The molecule has 0 spiro atoms. The minimum Gasteiger partial charge on any atom is -0.489 e. The van der Waals surface area contributed by atoms with Crippen molar-refractivity contribution in [3.8, 4) is 11.5 Å². The first-order chi connectivity index (χ1) is 15.1. The summed E-state index contributed by atoms with van der Waals surface area (Å²) in [7, 11) is 0. The molecule has 0 atom stereocenters. The second kappa shape index (κ2) is 9.60. The summed E-state index contributed by atoms with van der Waals surface area (Å²) in [4.78, 5) is 14.6. The first-order valence-electron chi connectivity index (χ1n) is 10.3. The van der Waals surface area contributed by atoms with E-state index in [1.54, 1.807) is 4.90 Å². The van der Waals surface area contributed by atoms with E-state index in [1.165, 1.54) is 12.1 Å². The molecule has 1 aliphatic heterocycles. The summed E-state index contributed by atoms with van der Waals surface area (Å²) >= 11 is 0. The van der Waals surface area contributed by atoms with Crippen LogP contribution in [0.1, 0.15) is 28.8 Å². The van der Waals surface area contributed by atoms with E-state index in [9.17, 15) is 13.6 Å². The van der Waals surface area contributed by atoms with Gasteiger partial charge < -0.3 is 14.4 Å². The van der Waals surface area contributed by atoms with Crippen molar-refractivity contribution < 1.29 is 23.0 Å². The fourth-order valence-corrected chi connectivity index (χ4v) is 3.54. The molecule has 4 rings (SSSR count). The van der Waals surface area contributed by atoms with Crippen LogP contribution in [0, 0.1) is 11.6 Å². The number of carbonyl (C=O) groups is 1. The van der Waals surface area contributed by atoms with Crippen molar-refractivity contribution >= 4 is 5.91 Å². The summed E-state index contributed by atoms with van der Waals surface area (Å²) in [6.07, 6.45) is 0.971. The van der Waals surface area contributed by atoms with Gasteiger partial charge in [-0.15, -0.1) is 0 Å². The van der Waals surface area contributed by atoms with Crippen molar-refractivity contribution in [2.45, 2.75) is 25.6 Å². The Hall–Kier alpha value is -3.41. The number of ether oxygens (including phenoxy) is 2. The van der Waals surface area contributed by atoms with Crippen LogP contribution in [0.5, 0.6) is 11.5 Å². The number of piperidine rings is 1. The number of halogens is 2. The van der Waals surface area contributed by atoms with E-state index in [4.69, 9.17) is 9.47 Å². The molecule has 0 saturated carbocycles. The zero-order chi connectivity index (χ0) is 21.6. The molecule has 6 heteroatoms. The van der Waals surface area contributed by atoms with E-state index in [2.05, 4.69) is 0 Å². The molecule has 1 fully saturated rings. The Morgan fingerprint density at radius 2 is 1.65 bits per heavy atom. The van der Waals surface area contributed by atoms with E-state index in [0.717, 1.165) is 17.4 Å². The molecule has 1 heterocycles. The molecular formula is C25H23F2NO3.